The van der Waals surface area contributed by atoms with E-state index in [9.17, 15) is 0 Å². The van der Waals surface area contributed by atoms with Gasteiger partial charge in [-0.2, -0.15) is 0 Å². The maximum Gasteiger partial charge on any atom is 0.129 e. The number of nitrogens with zero attached hydrogens (tertiary/aromatic N) is 1. The molecular weight excluding hydrogens is 220 g/mol. The summed E-state index contributed by atoms with van der Waals surface area (Å²) in [6, 6.07) is 21.3. The summed E-state index contributed by atoms with van der Waals surface area (Å²) in [6.45, 7) is 2.18. The SMILES string of the molecule is CC1NC(c2ccccc2)=NC1c1ccccc1. The summed E-state index contributed by atoms with van der Waals surface area (Å²) >= 11 is 0. The predicted octanol–water partition coefficient (Wildman–Crippen LogP) is 3.17. The van der Waals surface area contributed by atoms with Crippen LogP contribution in [0.4, 0.5) is 0 Å². The smallest absolute Gasteiger partial charge is 0.129 e. The zero-order valence-corrected chi connectivity index (χ0v) is 10.4. The molecule has 1 N–H and O–H groups in total. The molecule has 0 aromatic heterocycles. The molecule has 2 unspecified atom stereocenters. The highest BCUT2D eigenvalue weighted by Crippen LogP contribution is 2.26. The van der Waals surface area contributed by atoms with Crippen LogP contribution in [-0.2, 0) is 0 Å². The number of rotatable bonds is 2. The lowest BCUT2D eigenvalue weighted by Gasteiger charge is -2.13. The number of hydrogen-bond acceptors (Lipinski definition) is 2. The minimum absolute atomic E-state index is 0.210. The fraction of sp³-hybridized carbons (Fsp3) is 0.188. The van der Waals surface area contributed by atoms with Crippen molar-refractivity contribution in [3.8, 4) is 0 Å². The Morgan fingerprint density at radius 1 is 0.889 bits per heavy atom. The van der Waals surface area contributed by atoms with Crippen molar-refractivity contribution >= 4 is 5.84 Å². The van der Waals surface area contributed by atoms with Gasteiger partial charge in [0.2, 0.25) is 0 Å². The molecule has 0 spiro atoms. The minimum atomic E-state index is 0.210. The molecule has 2 aromatic carbocycles. The molecule has 3 rings (SSSR count). The normalized spacial score (nSPS) is 22.4. The first-order valence-corrected chi connectivity index (χ1v) is 6.29. The van der Waals surface area contributed by atoms with Crippen molar-refractivity contribution in [2.45, 2.75) is 19.0 Å². The van der Waals surface area contributed by atoms with E-state index in [4.69, 9.17) is 4.99 Å². The van der Waals surface area contributed by atoms with Gasteiger partial charge in [0.25, 0.3) is 0 Å². The van der Waals surface area contributed by atoms with Crippen molar-refractivity contribution in [2.75, 3.05) is 0 Å². The molecule has 0 bridgehead atoms. The van der Waals surface area contributed by atoms with Gasteiger partial charge >= 0.3 is 0 Å². The fourth-order valence-electron chi connectivity index (χ4n) is 2.35. The first-order chi connectivity index (χ1) is 8.84. The van der Waals surface area contributed by atoms with Gasteiger partial charge in [-0.15, -0.1) is 0 Å². The van der Waals surface area contributed by atoms with Gasteiger partial charge in [0.1, 0.15) is 5.84 Å². The second-order valence-electron chi connectivity index (χ2n) is 4.63. The third-order valence-electron chi connectivity index (χ3n) is 3.29. The van der Waals surface area contributed by atoms with Crippen molar-refractivity contribution in [3.63, 3.8) is 0 Å². The van der Waals surface area contributed by atoms with E-state index >= 15 is 0 Å². The maximum atomic E-state index is 4.82. The fourth-order valence-corrected chi connectivity index (χ4v) is 2.35. The number of aliphatic imine (C=N–C) groups is 1. The van der Waals surface area contributed by atoms with Crippen LogP contribution in [0.2, 0.25) is 0 Å². The van der Waals surface area contributed by atoms with Crippen LogP contribution in [0.1, 0.15) is 24.1 Å². The molecule has 2 nitrogen and oxygen atoms in total. The number of amidine groups is 1. The Morgan fingerprint density at radius 3 is 2.17 bits per heavy atom. The monoisotopic (exact) mass is 236 g/mol. The van der Waals surface area contributed by atoms with Crippen LogP contribution in [0.25, 0.3) is 0 Å². The molecule has 2 aromatic rings. The van der Waals surface area contributed by atoms with Crippen LogP contribution in [0.3, 0.4) is 0 Å². The van der Waals surface area contributed by atoms with E-state index in [1.807, 2.05) is 24.3 Å². The quantitative estimate of drug-likeness (QED) is 0.851. The molecule has 2 atom stereocenters. The Kier molecular flexibility index (Phi) is 2.85. The van der Waals surface area contributed by atoms with Crippen LogP contribution in [0.15, 0.2) is 65.7 Å². The van der Waals surface area contributed by atoms with E-state index in [0.717, 1.165) is 11.4 Å². The zero-order valence-electron chi connectivity index (χ0n) is 10.4. The molecule has 0 amide bonds. The van der Waals surface area contributed by atoms with Crippen molar-refractivity contribution in [3.05, 3.63) is 71.8 Å². The zero-order chi connectivity index (χ0) is 12.4. The maximum absolute atomic E-state index is 4.82. The molecule has 0 saturated heterocycles. The predicted molar refractivity (Wildman–Crippen MR) is 74.8 cm³/mol. The van der Waals surface area contributed by atoms with Crippen LogP contribution < -0.4 is 5.32 Å². The summed E-state index contributed by atoms with van der Waals surface area (Å²) in [7, 11) is 0. The van der Waals surface area contributed by atoms with Crippen molar-refractivity contribution in [2.24, 2.45) is 4.99 Å². The van der Waals surface area contributed by atoms with Gasteiger partial charge in [0.05, 0.1) is 12.1 Å². The largest absolute Gasteiger partial charge is 0.365 e. The van der Waals surface area contributed by atoms with Gasteiger partial charge in [-0.1, -0.05) is 60.7 Å². The van der Waals surface area contributed by atoms with Gasteiger partial charge < -0.3 is 5.32 Å². The molecule has 1 heterocycles. The van der Waals surface area contributed by atoms with Crippen molar-refractivity contribution < 1.29 is 0 Å². The third-order valence-corrected chi connectivity index (χ3v) is 3.29. The highest BCUT2D eigenvalue weighted by atomic mass is 15.1. The summed E-state index contributed by atoms with van der Waals surface area (Å²) in [5.41, 5.74) is 2.42. The molecule has 2 heteroatoms. The van der Waals surface area contributed by atoms with Crippen LogP contribution >= 0.6 is 0 Å². The van der Waals surface area contributed by atoms with Crippen LogP contribution in [0, 0.1) is 0 Å². The molecule has 18 heavy (non-hydrogen) atoms. The van der Waals surface area contributed by atoms with Crippen LogP contribution in [0.5, 0.6) is 0 Å². The Bertz CT molecular complexity index is 546. The first kappa shape index (κ1) is 11.0. The lowest BCUT2D eigenvalue weighted by Crippen LogP contribution is -2.29. The van der Waals surface area contributed by atoms with E-state index in [1.165, 1.54) is 5.56 Å². The highest BCUT2D eigenvalue weighted by molar-refractivity contribution is 6.00. The summed E-state index contributed by atoms with van der Waals surface area (Å²) in [4.78, 5) is 4.82. The molecular formula is C16H16N2. The second-order valence-corrected chi connectivity index (χ2v) is 4.63. The standard InChI is InChI=1S/C16H16N2/c1-12-15(13-8-4-2-5-9-13)18-16(17-12)14-10-6-3-7-11-14/h2-12,15H,1H3,(H,17,18). The van der Waals surface area contributed by atoms with Gasteiger partial charge in [0, 0.05) is 5.56 Å². The van der Waals surface area contributed by atoms with Crippen LogP contribution in [-0.4, -0.2) is 11.9 Å². The average Bonchev–Trinajstić information content (AvgIpc) is 2.83. The van der Waals surface area contributed by atoms with Crippen molar-refractivity contribution in [1.29, 1.82) is 0 Å². The molecule has 1 aliphatic heterocycles. The molecule has 0 saturated carbocycles. The summed E-state index contributed by atoms with van der Waals surface area (Å²) in [5, 5.41) is 3.47. The summed E-state index contributed by atoms with van der Waals surface area (Å²) < 4.78 is 0. The van der Waals surface area contributed by atoms with E-state index in [1.54, 1.807) is 0 Å². The number of nitrogens with one attached hydrogen (secondary N) is 1. The Hall–Kier alpha value is -2.09. The number of hydrogen-bond donors (Lipinski definition) is 1. The first-order valence-electron chi connectivity index (χ1n) is 6.29. The topological polar surface area (TPSA) is 24.4 Å². The van der Waals surface area contributed by atoms with E-state index < -0.39 is 0 Å². The molecule has 1 aliphatic rings. The summed E-state index contributed by atoms with van der Waals surface area (Å²) in [5.74, 6) is 0.997. The average molecular weight is 236 g/mol. The van der Waals surface area contributed by atoms with E-state index in [2.05, 4.69) is 48.6 Å². The lowest BCUT2D eigenvalue weighted by atomic mass is 10.0. The van der Waals surface area contributed by atoms with Crippen molar-refractivity contribution in [1.82, 2.24) is 5.32 Å². The van der Waals surface area contributed by atoms with E-state index in [-0.39, 0.29) is 6.04 Å². The Morgan fingerprint density at radius 2 is 1.50 bits per heavy atom. The molecule has 0 radical (unpaired) electrons. The lowest BCUT2D eigenvalue weighted by molar-refractivity contribution is 0.588. The molecule has 90 valence electrons. The van der Waals surface area contributed by atoms with Gasteiger partial charge in [-0.3, -0.25) is 4.99 Å². The minimum Gasteiger partial charge on any atom is -0.365 e. The summed E-state index contributed by atoms with van der Waals surface area (Å²) in [6.07, 6.45) is 0. The second kappa shape index (κ2) is 4.65. The highest BCUT2D eigenvalue weighted by Gasteiger charge is 2.26. The van der Waals surface area contributed by atoms with Gasteiger partial charge in [-0.25, -0.2) is 0 Å². The third kappa shape index (κ3) is 2.02. The molecule has 0 fully saturated rings. The van der Waals surface area contributed by atoms with Gasteiger partial charge in [-0.05, 0) is 12.5 Å². The van der Waals surface area contributed by atoms with Gasteiger partial charge in [0.15, 0.2) is 0 Å². The Balaban J connectivity index is 1.92. The number of benzene rings is 2. The van der Waals surface area contributed by atoms with E-state index in [0.29, 0.717) is 6.04 Å². The Labute approximate surface area is 107 Å². The molecule has 0 aliphatic carbocycles.